The highest BCUT2D eigenvalue weighted by Gasteiger charge is 2.13. The molecular weight excluding hydrogens is 206 g/mol. The van der Waals surface area contributed by atoms with E-state index in [2.05, 4.69) is 5.92 Å². The van der Waals surface area contributed by atoms with Crippen LogP contribution in [0, 0.1) is 12.3 Å². The van der Waals surface area contributed by atoms with Gasteiger partial charge in [-0.15, -0.1) is 18.2 Å². The lowest BCUT2D eigenvalue weighted by Crippen LogP contribution is -2.27. The van der Waals surface area contributed by atoms with Crippen LogP contribution in [0.1, 0.15) is 10.4 Å². The molecular formula is C12H13NOS. The third-order valence-corrected chi connectivity index (χ3v) is 2.81. The van der Waals surface area contributed by atoms with Gasteiger partial charge >= 0.3 is 0 Å². The van der Waals surface area contributed by atoms with E-state index in [0.29, 0.717) is 12.1 Å². The molecule has 0 saturated heterocycles. The van der Waals surface area contributed by atoms with Crippen molar-refractivity contribution in [2.24, 2.45) is 0 Å². The molecule has 1 aromatic carbocycles. The zero-order valence-corrected chi connectivity index (χ0v) is 9.67. The minimum Gasteiger partial charge on any atom is -0.331 e. The molecule has 0 unspecified atom stereocenters. The van der Waals surface area contributed by atoms with E-state index in [1.807, 2.05) is 30.5 Å². The highest BCUT2D eigenvalue weighted by atomic mass is 32.2. The maximum Gasteiger partial charge on any atom is 0.255 e. The number of nitrogens with zero attached hydrogens (tertiary/aromatic N) is 1. The average molecular weight is 219 g/mol. The highest BCUT2D eigenvalue weighted by Crippen LogP contribution is 2.20. The number of carbonyl (C=O) groups is 1. The van der Waals surface area contributed by atoms with E-state index in [1.165, 1.54) is 4.90 Å². The Balaban J connectivity index is 2.96. The molecule has 3 heteroatoms. The summed E-state index contributed by atoms with van der Waals surface area (Å²) >= 11 is 1.56. The summed E-state index contributed by atoms with van der Waals surface area (Å²) in [6.07, 6.45) is 7.12. The predicted molar refractivity (Wildman–Crippen MR) is 64.0 cm³/mol. The van der Waals surface area contributed by atoms with Crippen LogP contribution in [0.3, 0.4) is 0 Å². The van der Waals surface area contributed by atoms with Crippen LogP contribution < -0.4 is 0 Å². The standard InChI is InChI=1S/C12H13NOS/c1-4-9-13(2)12(14)10-7-5-6-8-11(10)15-3/h1,5-8H,9H2,2-3H3. The Hall–Kier alpha value is -1.40. The fourth-order valence-corrected chi connectivity index (χ4v) is 1.83. The van der Waals surface area contributed by atoms with Crippen molar-refractivity contribution in [3.05, 3.63) is 29.8 Å². The first-order valence-corrected chi connectivity index (χ1v) is 5.75. The lowest BCUT2D eigenvalue weighted by molar-refractivity contribution is 0.0809. The van der Waals surface area contributed by atoms with Gasteiger partial charge in [-0.1, -0.05) is 18.1 Å². The van der Waals surface area contributed by atoms with E-state index in [4.69, 9.17) is 6.42 Å². The van der Waals surface area contributed by atoms with Crippen molar-refractivity contribution in [1.82, 2.24) is 4.90 Å². The molecule has 0 bridgehead atoms. The number of thioether (sulfide) groups is 1. The Morgan fingerprint density at radius 2 is 2.20 bits per heavy atom. The summed E-state index contributed by atoms with van der Waals surface area (Å²) in [4.78, 5) is 14.4. The van der Waals surface area contributed by atoms with Crippen molar-refractivity contribution >= 4 is 17.7 Å². The molecule has 0 aliphatic heterocycles. The number of carbonyl (C=O) groups excluding carboxylic acids is 1. The molecule has 1 aromatic rings. The van der Waals surface area contributed by atoms with E-state index < -0.39 is 0 Å². The van der Waals surface area contributed by atoms with Gasteiger partial charge in [0.05, 0.1) is 12.1 Å². The minimum atomic E-state index is -0.0297. The van der Waals surface area contributed by atoms with Gasteiger partial charge in [-0.25, -0.2) is 0 Å². The van der Waals surface area contributed by atoms with E-state index in [9.17, 15) is 4.79 Å². The molecule has 1 rings (SSSR count). The van der Waals surface area contributed by atoms with Crippen LogP contribution >= 0.6 is 11.8 Å². The van der Waals surface area contributed by atoms with Crippen molar-refractivity contribution in [3.63, 3.8) is 0 Å². The molecule has 0 saturated carbocycles. The molecule has 15 heavy (non-hydrogen) atoms. The van der Waals surface area contributed by atoms with Crippen LogP contribution in [-0.4, -0.2) is 30.7 Å². The van der Waals surface area contributed by atoms with Crippen molar-refractivity contribution in [2.45, 2.75) is 4.90 Å². The van der Waals surface area contributed by atoms with Crippen LogP contribution in [0.5, 0.6) is 0 Å². The molecule has 2 nitrogen and oxygen atoms in total. The van der Waals surface area contributed by atoms with Crippen LogP contribution in [0.4, 0.5) is 0 Å². The Kier molecular flexibility index (Phi) is 4.26. The predicted octanol–water partition coefficient (Wildman–Crippen LogP) is 2.11. The number of hydrogen-bond acceptors (Lipinski definition) is 2. The second kappa shape index (κ2) is 5.47. The van der Waals surface area contributed by atoms with Gasteiger partial charge in [-0.2, -0.15) is 0 Å². The van der Waals surface area contributed by atoms with E-state index in [1.54, 1.807) is 18.8 Å². The molecule has 0 radical (unpaired) electrons. The molecule has 0 atom stereocenters. The van der Waals surface area contributed by atoms with E-state index in [-0.39, 0.29) is 5.91 Å². The smallest absolute Gasteiger partial charge is 0.255 e. The van der Waals surface area contributed by atoms with E-state index >= 15 is 0 Å². The second-order valence-electron chi connectivity index (χ2n) is 3.07. The number of rotatable bonds is 3. The SMILES string of the molecule is C#CCN(C)C(=O)c1ccccc1SC. The number of benzene rings is 1. The first-order valence-electron chi connectivity index (χ1n) is 4.52. The van der Waals surface area contributed by atoms with Crippen LogP contribution in [0.2, 0.25) is 0 Å². The van der Waals surface area contributed by atoms with Crippen molar-refractivity contribution in [1.29, 1.82) is 0 Å². The molecule has 0 aromatic heterocycles. The number of hydrogen-bond donors (Lipinski definition) is 0. The summed E-state index contributed by atoms with van der Waals surface area (Å²) in [6.45, 7) is 0.335. The summed E-state index contributed by atoms with van der Waals surface area (Å²) in [5, 5.41) is 0. The summed E-state index contributed by atoms with van der Waals surface area (Å²) in [7, 11) is 1.71. The van der Waals surface area contributed by atoms with Gasteiger partial charge in [0.25, 0.3) is 5.91 Å². The molecule has 0 aliphatic rings. The van der Waals surface area contributed by atoms with Gasteiger partial charge in [0.1, 0.15) is 0 Å². The van der Waals surface area contributed by atoms with Gasteiger partial charge in [0.2, 0.25) is 0 Å². The molecule has 78 valence electrons. The number of terminal acetylenes is 1. The maximum absolute atomic E-state index is 11.9. The van der Waals surface area contributed by atoms with Gasteiger partial charge in [-0.3, -0.25) is 4.79 Å². The largest absolute Gasteiger partial charge is 0.331 e. The second-order valence-corrected chi connectivity index (χ2v) is 3.91. The van der Waals surface area contributed by atoms with Crippen LogP contribution in [-0.2, 0) is 0 Å². The Morgan fingerprint density at radius 1 is 1.53 bits per heavy atom. The van der Waals surface area contributed by atoms with Crippen molar-refractivity contribution < 1.29 is 4.79 Å². The summed E-state index contributed by atoms with van der Waals surface area (Å²) in [5.74, 6) is 2.42. The fourth-order valence-electron chi connectivity index (χ4n) is 1.24. The summed E-state index contributed by atoms with van der Waals surface area (Å²) in [5.41, 5.74) is 0.711. The molecule has 0 N–H and O–H groups in total. The molecule has 1 amide bonds. The lowest BCUT2D eigenvalue weighted by atomic mass is 10.2. The molecule has 0 aliphatic carbocycles. The zero-order valence-electron chi connectivity index (χ0n) is 8.86. The highest BCUT2D eigenvalue weighted by molar-refractivity contribution is 7.98. The van der Waals surface area contributed by atoms with Crippen LogP contribution in [0.15, 0.2) is 29.2 Å². The third kappa shape index (κ3) is 2.77. The number of amides is 1. The normalized spacial score (nSPS) is 9.40. The lowest BCUT2D eigenvalue weighted by Gasteiger charge is -2.15. The van der Waals surface area contributed by atoms with Gasteiger partial charge in [-0.05, 0) is 18.4 Å². The maximum atomic E-state index is 11.9. The quantitative estimate of drug-likeness (QED) is 0.573. The van der Waals surface area contributed by atoms with E-state index in [0.717, 1.165) is 4.90 Å². The minimum absolute atomic E-state index is 0.0297. The summed E-state index contributed by atoms with van der Waals surface area (Å²) in [6, 6.07) is 7.53. The average Bonchev–Trinajstić information content (AvgIpc) is 2.28. The topological polar surface area (TPSA) is 20.3 Å². The monoisotopic (exact) mass is 219 g/mol. The van der Waals surface area contributed by atoms with Crippen molar-refractivity contribution in [2.75, 3.05) is 19.8 Å². The van der Waals surface area contributed by atoms with Gasteiger partial charge in [0.15, 0.2) is 0 Å². The summed E-state index contributed by atoms with van der Waals surface area (Å²) < 4.78 is 0. The molecule has 0 spiro atoms. The first kappa shape index (κ1) is 11.7. The third-order valence-electron chi connectivity index (χ3n) is 2.01. The Bertz CT molecular complexity index is 395. The van der Waals surface area contributed by atoms with Crippen LogP contribution in [0.25, 0.3) is 0 Å². The van der Waals surface area contributed by atoms with Gasteiger partial charge < -0.3 is 4.90 Å². The van der Waals surface area contributed by atoms with Gasteiger partial charge in [0, 0.05) is 11.9 Å². The molecule has 0 heterocycles. The molecule has 0 fully saturated rings. The fraction of sp³-hybridized carbons (Fsp3) is 0.250. The zero-order chi connectivity index (χ0) is 11.3. The van der Waals surface area contributed by atoms with Crippen molar-refractivity contribution in [3.8, 4) is 12.3 Å². The Labute approximate surface area is 94.7 Å². The first-order chi connectivity index (χ1) is 7.20. The Morgan fingerprint density at radius 3 is 2.80 bits per heavy atom.